The summed E-state index contributed by atoms with van der Waals surface area (Å²) in [5, 5.41) is 4.11. The van der Waals surface area contributed by atoms with Gasteiger partial charge in [0.15, 0.2) is 0 Å². The average Bonchev–Trinajstić information content (AvgIpc) is 3.49. The molecule has 4 nitrogen and oxygen atoms in total. The summed E-state index contributed by atoms with van der Waals surface area (Å²) in [5.41, 5.74) is 3.22. The molecule has 28 heavy (non-hydrogen) atoms. The van der Waals surface area contributed by atoms with Gasteiger partial charge in [0.05, 0.1) is 29.9 Å². The zero-order valence-corrected chi connectivity index (χ0v) is 17.4. The van der Waals surface area contributed by atoms with E-state index in [1.807, 2.05) is 37.3 Å². The fourth-order valence-electron chi connectivity index (χ4n) is 3.20. The molecule has 0 heterocycles. The van der Waals surface area contributed by atoms with E-state index < -0.39 is 0 Å². The predicted octanol–water partition coefficient (Wildman–Crippen LogP) is 4.97. The van der Waals surface area contributed by atoms with Crippen molar-refractivity contribution in [3.05, 3.63) is 69.2 Å². The first-order valence-electron chi connectivity index (χ1n) is 9.54. The van der Waals surface area contributed by atoms with Gasteiger partial charge in [-0.1, -0.05) is 53.5 Å². The Bertz CT molecular complexity index is 812. The highest BCUT2D eigenvalue weighted by Gasteiger charge is 2.43. The third-order valence-corrected chi connectivity index (χ3v) is 5.54. The van der Waals surface area contributed by atoms with Crippen LogP contribution in [0, 0.1) is 5.92 Å². The highest BCUT2D eigenvalue weighted by Crippen LogP contribution is 2.48. The van der Waals surface area contributed by atoms with Gasteiger partial charge in [0.25, 0.3) is 0 Å². The molecule has 0 saturated heterocycles. The minimum Gasteiger partial charge on any atom is -0.379 e. The number of halogens is 2. The molecule has 1 aliphatic carbocycles. The molecule has 2 aromatic rings. The summed E-state index contributed by atoms with van der Waals surface area (Å²) >= 11 is 12.0. The molecule has 2 unspecified atom stereocenters. The third-order valence-electron chi connectivity index (χ3n) is 4.80. The van der Waals surface area contributed by atoms with E-state index in [-0.39, 0.29) is 17.7 Å². The maximum Gasteiger partial charge on any atom is 0.224 e. The summed E-state index contributed by atoms with van der Waals surface area (Å²) in [7, 11) is 0. The molecular weight excluding hydrogens is 397 g/mol. The Kier molecular flexibility index (Phi) is 7.74. The smallest absolute Gasteiger partial charge is 0.224 e. The number of carbonyl (C=O) groups excluding carboxylic acids is 1. The lowest BCUT2D eigenvalue weighted by Crippen LogP contribution is -2.24. The van der Waals surface area contributed by atoms with Gasteiger partial charge in [-0.3, -0.25) is 4.79 Å². The quantitative estimate of drug-likeness (QED) is 0.551. The lowest BCUT2D eigenvalue weighted by Gasteiger charge is -2.09. The van der Waals surface area contributed by atoms with Crippen molar-refractivity contribution in [3.63, 3.8) is 0 Å². The monoisotopic (exact) mass is 421 g/mol. The normalized spacial score (nSPS) is 18.1. The summed E-state index contributed by atoms with van der Waals surface area (Å²) in [6, 6.07) is 13.7. The molecule has 0 bridgehead atoms. The van der Waals surface area contributed by atoms with Gasteiger partial charge in [-0.2, -0.15) is 0 Å². The van der Waals surface area contributed by atoms with Gasteiger partial charge >= 0.3 is 0 Å². The van der Waals surface area contributed by atoms with Crippen LogP contribution in [0.4, 0.5) is 0 Å². The zero-order chi connectivity index (χ0) is 19.9. The first-order chi connectivity index (χ1) is 13.6. The van der Waals surface area contributed by atoms with Crippen molar-refractivity contribution in [2.45, 2.75) is 32.4 Å². The van der Waals surface area contributed by atoms with Gasteiger partial charge in [-0.25, -0.2) is 0 Å². The zero-order valence-electron chi connectivity index (χ0n) is 15.9. The minimum atomic E-state index is 0.00215. The van der Waals surface area contributed by atoms with E-state index in [9.17, 15) is 4.79 Å². The van der Waals surface area contributed by atoms with Crippen LogP contribution in [0.5, 0.6) is 0 Å². The second kappa shape index (κ2) is 10.3. The Morgan fingerprint density at radius 3 is 2.64 bits per heavy atom. The SMILES string of the molecule is CCOCCOCc1cccc(CNC(=O)C2CC2c2ccc(Cl)c(Cl)c2)c1. The number of rotatable bonds is 10. The number of hydrogen-bond acceptors (Lipinski definition) is 3. The fraction of sp³-hybridized carbons (Fsp3) is 0.409. The number of hydrogen-bond donors (Lipinski definition) is 1. The molecule has 150 valence electrons. The number of nitrogens with one attached hydrogen (secondary N) is 1. The number of amides is 1. The Labute approximate surface area is 176 Å². The van der Waals surface area contributed by atoms with Crippen LogP contribution in [0.3, 0.4) is 0 Å². The predicted molar refractivity (Wildman–Crippen MR) is 112 cm³/mol. The fourth-order valence-corrected chi connectivity index (χ4v) is 3.50. The molecule has 3 rings (SSSR count). The number of ether oxygens (including phenoxy) is 2. The molecule has 6 heteroatoms. The van der Waals surface area contributed by atoms with Crippen LogP contribution in [-0.4, -0.2) is 25.7 Å². The highest BCUT2D eigenvalue weighted by atomic mass is 35.5. The number of carbonyl (C=O) groups is 1. The van der Waals surface area contributed by atoms with Gasteiger partial charge in [0, 0.05) is 19.1 Å². The molecule has 0 radical (unpaired) electrons. The van der Waals surface area contributed by atoms with Crippen LogP contribution < -0.4 is 5.32 Å². The Balaban J connectivity index is 1.45. The van der Waals surface area contributed by atoms with E-state index in [1.54, 1.807) is 6.07 Å². The second-order valence-corrected chi connectivity index (χ2v) is 7.72. The Hall–Kier alpha value is -1.59. The molecule has 1 N–H and O–H groups in total. The Morgan fingerprint density at radius 1 is 1.07 bits per heavy atom. The van der Waals surface area contributed by atoms with Gasteiger partial charge in [-0.15, -0.1) is 0 Å². The van der Waals surface area contributed by atoms with Crippen molar-refractivity contribution >= 4 is 29.1 Å². The van der Waals surface area contributed by atoms with Gasteiger partial charge < -0.3 is 14.8 Å². The Morgan fingerprint density at radius 2 is 1.86 bits per heavy atom. The molecule has 1 aliphatic rings. The summed E-state index contributed by atoms with van der Waals surface area (Å²) in [6.07, 6.45) is 0.845. The average molecular weight is 422 g/mol. The first kappa shape index (κ1) is 21.1. The van der Waals surface area contributed by atoms with Crippen molar-refractivity contribution in [2.75, 3.05) is 19.8 Å². The topological polar surface area (TPSA) is 47.6 Å². The lowest BCUT2D eigenvalue weighted by atomic mass is 10.1. The molecule has 2 aromatic carbocycles. The van der Waals surface area contributed by atoms with E-state index in [1.165, 1.54) is 0 Å². The molecule has 1 saturated carbocycles. The maximum absolute atomic E-state index is 12.5. The van der Waals surface area contributed by atoms with Gasteiger partial charge in [0.2, 0.25) is 5.91 Å². The first-order valence-corrected chi connectivity index (χ1v) is 10.3. The second-order valence-electron chi connectivity index (χ2n) is 6.91. The lowest BCUT2D eigenvalue weighted by molar-refractivity contribution is -0.122. The molecule has 2 atom stereocenters. The van der Waals surface area contributed by atoms with Crippen molar-refractivity contribution < 1.29 is 14.3 Å². The molecule has 1 fully saturated rings. The molecule has 0 aromatic heterocycles. The van der Waals surface area contributed by atoms with Crippen molar-refractivity contribution in [2.24, 2.45) is 5.92 Å². The van der Waals surface area contributed by atoms with Gasteiger partial charge in [-0.05, 0) is 48.1 Å². The van der Waals surface area contributed by atoms with E-state index in [0.717, 1.165) is 23.1 Å². The number of benzene rings is 2. The van der Waals surface area contributed by atoms with Crippen LogP contribution in [0.25, 0.3) is 0 Å². The van der Waals surface area contributed by atoms with Crippen LogP contribution in [0.15, 0.2) is 42.5 Å². The van der Waals surface area contributed by atoms with Crippen molar-refractivity contribution in [1.29, 1.82) is 0 Å². The van der Waals surface area contributed by atoms with Crippen LogP contribution in [0.1, 0.15) is 36.0 Å². The third kappa shape index (κ3) is 5.95. The molecular formula is C22H25Cl2NO3. The largest absolute Gasteiger partial charge is 0.379 e. The van der Waals surface area contributed by atoms with E-state index in [0.29, 0.717) is 43.0 Å². The van der Waals surface area contributed by atoms with Crippen LogP contribution in [0.2, 0.25) is 10.0 Å². The minimum absolute atomic E-state index is 0.00215. The summed E-state index contributed by atoms with van der Waals surface area (Å²) in [5.74, 6) is 0.302. The van der Waals surface area contributed by atoms with Crippen LogP contribution in [-0.2, 0) is 27.4 Å². The summed E-state index contributed by atoms with van der Waals surface area (Å²) in [6.45, 7) is 4.89. The van der Waals surface area contributed by atoms with E-state index >= 15 is 0 Å². The molecule has 1 amide bonds. The summed E-state index contributed by atoms with van der Waals surface area (Å²) in [4.78, 5) is 12.5. The maximum atomic E-state index is 12.5. The summed E-state index contributed by atoms with van der Waals surface area (Å²) < 4.78 is 10.9. The van der Waals surface area contributed by atoms with Crippen molar-refractivity contribution in [3.8, 4) is 0 Å². The van der Waals surface area contributed by atoms with Crippen LogP contribution >= 0.6 is 23.2 Å². The molecule has 0 spiro atoms. The van der Waals surface area contributed by atoms with E-state index in [2.05, 4.69) is 11.4 Å². The standard InChI is InChI=1S/C22H25Cl2NO3/c1-2-27-8-9-28-14-16-5-3-4-15(10-16)13-25-22(26)19-12-18(19)17-6-7-20(23)21(24)11-17/h3-7,10-11,18-19H,2,8-9,12-14H2,1H3,(H,25,26). The van der Waals surface area contributed by atoms with E-state index in [4.69, 9.17) is 32.7 Å². The highest BCUT2D eigenvalue weighted by molar-refractivity contribution is 6.42. The van der Waals surface area contributed by atoms with Crippen molar-refractivity contribution in [1.82, 2.24) is 5.32 Å². The van der Waals surface area contributed by atoms with Gasteiger partial charge in [0.1, 0.15) is 0 Å². The molecule has 0 aliphatic heterocycles.